The van der Waals surface area contributed by atoms with Crippen molar-refractivity contribution in [3.63, 3.8) is 0 Å². The summed E-state index contributed by atoms with van der Waals surface area (Å²) in [5, 5.41) is 6.12. The molecule has 1 saturated carbocycles. The number of nitrogens with one attached hydrogen (secondary N) is 2. The van der Waals surface area contributed by atoms with E-state index in [0.717, 1.165) is 36.9 Å². The van der Waals surface area contributed by atoms with Crippen molar-refractivity contribution < 1.29 is 9.59 Å². The number of carbonyl (C=O) groups is 2. The predicted octanol–water partition coefficient (Wildman–Crippen LogP) is 3.64. The zero-order chi connectivity index (χ0) is 17.9. The summed E-state index contributed by atoms with van der Waals surface area (Å²) in [4.78, 5) is 25.0. The Hall–Kier alpha value is -2.62. The van der Waals surface area contributed by atoms with Gasteiger partial charge in [0.2, 0.25) is 11.8 Å². The van der Waals surface area contributed by atoms with Crippen LogP contribution in [0.3, 0.4) is 0 Å². The molecule has 26 heavy (non-hydrogen) atoms. The van der Waals surface area contributed by atoms with Gasteiger partial charge in [-0.1, -0.05) is 55.0 Å². The third kappa shape index (κ3) is 3.50. The van der Waals surface area contributed by atoms with Crippen LogP contribution in [-0.2, 0) is 16.0 Å². The van der Waals surface area contributed by atoms with Gasteiger partial charge in [-0.3, -0.25) is 9.59 Å². The molecule has 0 bridgehead atoms. The molecule has 0 saturated heterocycles. The van der Waals surface area contributed by atoms with Gasteiger partial charge in [0.1, 0.15) is 0 Å². The zero-order valence-electron chi connectivity index (χ0n) is 14.8. The van der Waals surface area contributed by atoms with Gasteiger partial charge in [0.25, 0.3) is 0 Å². The molecule has 0 aromatic heterocycles. The second kappa shape index (κ2) is 7.32. The van der Waals surface area contributed by atoms with E-state index in [0.29, 0.717) is 5.92 Å². The summed E-state index contributed by atoms with van der Waals surface area (Å²) in [6.45, 7) is 0. The highest BCUT2D eigenvalue weighted by molar-refractivity contribution is 6.01. The minimum absolute atomic E-state index is 0.0164. The highest BCUT2D eigenvalue weighted by Crippen LogP contribution is 2.34. The van der Waals surface area contributed by atoms with Gasteiger partial charge in [-0.2, -0.15) is 0 Å². The van der Waals surface area contributed by atoms with E-state index in [1.807, 2.05) is 30.3 Å². The number of hydrogen-bond acceptors (Lipinski definition) is 2. The van der Waals surface area contributed by atoms with Crippen LogP contribution >= 0.6 is 0 Å². The second-order valence-electron chi connectivity index (χ2n) is 7.39. The van der Waals surface area contributed by atoms with E-state index in [2.05, 4.69) is 34.9 Å². The second-order valence-corrected chi connectivity index (χ2v) is 7.39. The first kappa shape index (κ1) is 16.8. The van der Waals surface area contributed by atoms with Crippen molar-refractivity contribution in [2.75, 3.05) is 5.32 Å². The Morgan fingerprint density at radius 1 is 1.04 bits per heavy atom. The van der Waals surface area contributed by atoms with Crippen LogP contribution in [0.1, 0.15) is 42.7 Å². The summed E-state index contributed by atoms with van der Waals surface area (Å²) in [5.74, 6) is -0.0275. The molecule has 2 aromatic carbocycles. The van der Waals surface area contributed by atoms with Gasteiger partial charge in [0.15, 0.2) is 0 Å². The standard InChI is InChI=1S/C22H24N2O2/c25-21-14-18(17-10-4-5-11-20(17)23-21)22(26)24-19-12-6-9-16(19)13-15-7-2-1-3-8-15/h1-5,7-8,10-11,16,18-19H,6,9,12-14H2,(H,23,25)(H,24,26). The largest absolute Gasteiger partial charge is 0.353 e. The van der Waals surface area contributed by atoms with Crippen LogP contribution < -0.4 is 10.6 Å². The molecule has 1 aliphatic carbocycles. The van der Waals surface area contributed by atoms with E-state index in [1.54, 1.807) is 0 Å². The Morgan fingerprint density at radius 2 is 1.81 bits per heavy atom. The molecule has 1 aliphatic heterocycles. The molecule has 2 aromatic rings. The van der Waals surface area contributed by atoms with E-state index < -0.39 is 5.92 Å². The zero-order valence-corrected chi connectivity index (χ0v) is 14.8. The van der Waals surface area contributed by atoms with E-state index >= 15 is 0 Å². The van der Waals surface area contributed by atoms with Crippen molar-refractivity contribution in [2.24, 2.45) is 5.92 Å². The van der Waals surface area contributed by atoms with Crippen LogP contribution in [0, 0.1) is 5.92 Å². The lowest BCUT2D eigenvalue weighted by Gasteiger charge is -2.28. The van der Waals surface area contributed by atoms with E-state index in [4.69, 9.17) is 0 Å². The minimum Gasteiger partial charge on any atom is -0.353 e. The molecule has 0 spiro atoms. The SMILES string of the molecule is O=C1CC(C(=O)NC2CCCC2Cc2ccccc2)c2ccccc2N1. The molecule has 4 rings (SSSR count). The first-order valence-corrected chi connectivity index (χ1v) is 9.44. The van der Waals surface area contributed by atoms with Gasteiger partial charge < -0.3 is 10.6 Å². The number of anilines is 1. The minimum atomic E-state index is -0.391. The Labute approximate surface area is 154 Å². The first-order chi connectivity index (χ1) is 12.7. The van der Waals surface area contributed by atoms with Gasteiger partial charge >= 0.3 is 0 Å². The van der Waals surface area contributed by atoms with Gasteiger partial charge in [0, 0.05) is 18.2 Å². The lowest BCUT2D eigenvalue weighted by Crippen LogP contribution is -2.42. The molecule has 4 nitrogen and oxygen atoms in total. The summed E-state index contributed by atoms with van der Waals surface area (Å²) >= 11 is 0. The number of amides is 2. The van der Waals surface area contributed by atoms with E-state index in [-0.39, 0.29) is 24.3 Å². The van der Waals surface area contributed by atoms with Crippen LogP contribution in [0.15, 0.2) is 54.6 Å². The normalized spacial score (nSPS) is 24.6. The maximum absolute atomic E-state index is 13.0. The first-order valence-electron chi connectivity index (χ1n) is 9.44. The molecule has 134 valence electrons. The topological polar surface area (TPSA) is 58.2 Å². The smallest absolute Gasteiger partial charge is 0.228 e. The number of carbonyl (C=O) groups excluding carboxylic acids is 2. The lowest BCUT2D eigenvalue weighted by atomic mass is 9.88. The van der Waals surface area contributed by atoms with Gasteiger partial charge in [-0.15, -0.1) is 0 Å². The molecule has 2 amide bonds. The average Bonchev–Trinajstić information content (AvgIpc) is 3.08. The van der Waals surface area contributed by atoms with Crippen LogP contribution in [0.5, 0.6) is 0 Å². The number of para-hydroxylation sites is 1. The predicted molar refractivity (Wildman–Crippen MR) is 102 cm³/mol. The molecule has 2 N–H and O–H groups in total. The van der Waals surface area contributed by atoms with Crippen LogP contribution in [0.4, 0.5) is 5.69 Å². The molecule has 1 heterocycles. The average molecular weight is 348 g/mol. The molecule has 2 aliphatic rings. The molecule has 0 radical (unpaired) electrons. The van der Waals surface area contributed by atoms with Crippen molar-refractivity contribution in [3.05, 3.63) is 65.7 Å². The van der Waals surface area contributed by atoms with Crippen molar-refractivity contribution in [1.82, 2.24) is 5.32 Å². The van der Waals surface area contributed by atoms with Crippen molar-refractivity contribution in [3.8, 4) is 0 Å². The van der Waals surface area contributed by atoms with Gasteiger partial charge in [0.05, 0.1) is 5.92 Å². The maximum Gasteiger partial charge on any atom is 0.228 e. The van der Waals surface area contributed by atoms with Crippen LogP contribution in [0.25, 0.3) is 0 Å². The molecular weight excluding hydrogens is 324 g/mol. The van der Waals surface area contributed by atoms with Gasteiger partial charge in [-0.25, -0.2) is 0 Å². The quantitative estimate of drug-likeness (QED) is 0.886. The molecular formula is C22H24N2O2. The fourth-order valence-electron chi connectivity index (χ4n) is 4.32. The fourth-order valence-corrected chi connectivity index (χ4v) is 4.32. The molecule has 3 atom stereocenters. The summed E-state index contributed by atoms with van der Waals surface area (Å²) in [5.41, 5.74) is 3.00. The Balaban J connectivity index is 1.46. The summed E-state index contributed by atoms with van der Waals surface area (Å²) in [6.07, 6.45) is 4.52. The number of hydrogen-bond donors (Lipinski definition) is 2. The lowest BCUT2D eigenvalue weighted by molar-refractivity contribution is -0.127. The van der Waals surface area contributed by atoms with Gasteiger partial charge in [-0.05, 0) is 42.4 Å². The third-order valence-electron chi connectivity index (χ3n) is 5.64. The molecule has 1 fully saturated rings. The number of benzene rings is 2. The van der Waals surface area contributed by atoms with E-state index in [1.165, 1.54) is 5.56 Å². The Morgan fingerprint density at radius 3 is 2.65 bits per heavy atom. The van der Waals surface area contributed by atoms with Crippen LogP contribution in [-0.4, -0.2) is 17.9 Å². The number of rotatable bonds is 4. The maximum atomic E-state index is 13.0. The monoisotopic (exact) mass is 348 g/mol. The highest BCUT2D eigenvalue weighted by Gasteiger charge is 2.34. The molecule has 4 heteroatoms. The number of fused-ring (bicyclic) bond motifs is 1. The summed E-state index contributed by atoms with van der Waals surface area (Å²) in [6, 6.07) is 18.3. The van der Waals surface area contributed by atoms with Crippen molar-refractivity contribution in [1.29, 1.82) is 0 Å². The van der Waals surface area contributed by atoms with Crippen molar-refractivity contribution >= 4 is 17.5 Å². The Kier molecular flexibility index (Phi) is 4.74. The summed E-state index contributed by atoms with van der Waals surface area (Å²) in [7, 11) is 0. The van der Waals surface area contributed by atoms with Crippen LogP contribution in [0.2, 0.25) is 0 Å². The third-order valence-corrected chi connectivity index (χ3v) is 5.64. The van der Waals surface area contributed by atoms with Crippen molar-refractivity contribution in [2.45, 2.75) is 44.1 Å². The summed E-state index contributed by atoms with van der Waals surface area (Å²) < 4.78 is 0. The molecule has 3 unspecified atom stereocenters. The highest BCUT2D eigenvalue weighted by atomic mass is 16.2. The Bertz CT molecular complexity index is 803. The fraction of sp³-hybridized carbons (Fsp3) is 0.364. The van der Waals surface area contributed by atoms with E-state index in [9.17, 15) is 9.59 Å².